The van der Waals surface area contributed by atoms with Crippen LogP contribution in [0.15, 0.2) is 24.3 Å². The first-order chi connectivity index (χ1) is 8.72. The van der Waals surface area contributed by atoms with Crippen LogP contribution in [-0.2, 0) is 16.0 Å². The molecule has 0 aliphatic rings. The SMILES string of the molecule is COCCNCC(=O)NCCc1ccc(F)cc1. The van der Waals surface area contributed by atoms with Gasteiger partial charge in [-0.1, -0.05) is 12.1 Å². The summed E-state index contributed by atoms with van der Waals surface area (Å²) in [6, 6.07) is 6.28. The standard InChI is InChI=1S/C13H19FN2O2/c1-18-9-8-15-10-13(17)16-7-6-11-2-4-12(14)5-3-11/h2-5,15H,6-10H2,1H3,(H,16,17). The molecule has 0 bridgehead atoms. The molecule has 0 atom stereocenters. The molecule has 1 rings (SSSR count). The summed E-state index contributed by atoms with van der Waals surface area (Å²) in [7, 11) is 1.62. The van der Waals surface area contributed by atoms with Crippen molar-refractivity contribution in [3.8, 4) is 0 Å². The number of ether oxygens (including phenoxy) is 1. The van der Waals surface area contributed by atoms with Crippen molar-refractivity contribution < 1.29 is 13.9 Å². The van der Waals surface area contributed by atoms with Gasteiger partial charge in [-0.2, -0.15) is 0 Å². The van der Waals surface area contributed by atoms with Gasteiger partial charge in [-0.3, -0.25) is 4.79 Å². The maximum atomic E-state index is 12.7. The van der Waals surface area contributed by atoms with Crippen molar-refractivity contribution in [1.82, 2.24) is 10.6 Å². The minimum Gasteiger partial charge on any atom is -0.383 e. The molecule has 0 radical (unpaired) electrons. The van der Waals surface area contributed by atoms with E-state index in [0.717, 1.165) is 5.56 Å². The first-order valence-electron chi connectivity index (χ1n) is 5.93. The molecule has 0 aliphatic carbocycles. The van der Waals surface area contributed by atoms with Gasteiger partial charge in [0.15, 0.2) is 0 Å². The van der Waals surface area contributed by atoms with E-state index in [1.165, 1.54) is 12.1 Å². The number of nitrogens with one attached hydrogen (secondary N) is 2. The number of methoxy groups -OCH3 is 1. The second kappa shape index (κ2) is 8.60. The Morgan fingerprint density at radius 1 is 1.28 bits per heavy atom. The van der Waals surface area contributed by atoms with Gasteiger partial charge in [0.25, 0.3) is 0 Å². The Kier molecular flexibility index (Phi) is 6.98. The second-order valence-corrected chi connectivity index (χ2v) is 3.90. The number of halogens is 1. The van der Waals surface area contributed by atoms with Crippen LogP contribution in [0.25, 0.3) is 0 Å². The average Bonchev–Trinajstić information content (AvgIpc) is 2.37. The number of carbonyl (C=O) groups is 1. The third kappa shape index (κ3) is 6.32. The Bertz CT molecular complexity index is 355. The van der Waals surface area contributed by atoms with Gasteiger partial charge in [0.05, 0.1) is 13.2 Å². The van der Waals surface area contributed by atoms with E-state index in [0.29, 0.717) is 26.1 Å². The summed E-state index contributed by atoms with van der Waals surface area (Å²) in [5, 5.41) is 5.74. The van der Waals surface area contributed by atoms with Crippen molar-refractivity contribution in [2.75, 3.05) is 33.4 Å². The van der Waals surface area contributed by atoms with E-state index in [1.54, 1.807) is 19.2 Å². The van der Waals surface area contributed by atoms with Crippen LogP contribution in [0.3, 0.4) is 0 Å². The van der Waals surface area contributed by atoms with Crippen LogP contribution in [0.4, 0.5) is 4.39 Å². The zero-order valence-corrected chi connectivity index (χ0v) is 10.5. The molecule has 5 heteroatoms. The van der Waals surface area contributed by atoms with Crippen molar-refractivity contribution in [2.24, 2.45) is 0 Å². The molecule has 0 spiro atoms. The lowest BCUT2D eigenvalue weighted by Gasteiger charge is -2.06. The van der Waals surface area contributed by atoms with Gasteiger partial charge in [-0.15, -0.1) is 0 Å². The minimum atomic E-state index is -0.245. The van der Waals surface area contributed by atoms with Crippen LogP contribution >= 0.6 is 0 Å². The molecule has 2 N–H and O–H groups in total. The van der Waals surface area contributed by atoms with E-state index < -0.39 is 0 Å². The Morgan fingerprint density at radius 3 is 2.67 bits per heavy atom. The molecule has 0 aromatic heterocycles. The summed E-state index contributed by atoms with van der Waals surface area (Å²) in [4.78, 5) is 11.4. The molecule has 0 aliphatic heterocycles. The smallest absolute Gasteiger partial charge is 0.233 e. The van der Waals surface area contributed by atoms with Gasteiger partial charge in [0.1, 0.15) is 5.82 Å². The molecule has 0 saturated carbocycles. The maximum Gasteiger partial charge on any atom is 0.233 e. The molecule has 1 amide bonds. The lowest BCUT2D eigenvalue weighted by atomic mass is 10.1. The number of rotatable bonds is 8. The highest BCUT2D eigenvalue weighted by Crippen LogP contribution is 2.02. The number of carbonyl (C=O) groups excluding carboxylic acids is 1. The summed E-state index contributed by atoms with van der Waals surface area (Å²) in [6.07, 6.45) is 0.699. The number of hydrogen-bond acceptors (Lipinski definition) is 3. The van der Waals surface area contributed by atoms with Crippen LogP contribution in [0, 0.1) is 5.82 Å². The van der Waals surface area contributed by atoms with E-state index >= 15 is 0 Å². The van der Waals surface area contributed by atoms with E-state index in [-0.39, 0.29) is 18.3 Å². The Labute approximate surface area is 107 Å². The molecule has 1 aromatic carbocycles. The largest absolute Gasteiger partial charge is 0.383 e. The number of hydrogen-bond donors (Lipinski definition) is 2. The molecule has 1 aromatic rings. The Balaban J connectivity index is 2.10. The highest BCUT2D eigenvalue weighted by atomic mass is 19.1. The second-order valence-electron chi connectivity index (χ2n) is 3.90. The minimum absolute atomic E-state index is 0.0479. The molecule has 0 saturated heterocycles. The normalized spacial score (nSPS) is 10.3. The van der Waals surface area contributed by atoms with E-state index in [4.69, 9.17) is 4.74 Å². The summed E-state index contributed by atoms with van der Waals surface area (Å²) < 4.78 is 17.5. The van der Waals surface area contributed by atoms with Crippen molar-refractivity contribution in [2.45, 2.75) is 6.42 Å². The molecular weight excluding hydrogens is 235 g/mol. The predicted octanol–water partition coefficient (Wildman–Crippen LogP) is 0.720. The Morgan fingerprint density at radius 2 is 2.00 bits per heavy atom. The van der Waals surface area contributed by atoms with Gasteiger partial charge in [0.2, 0.25) is 5.91 Å². The van der Waals surface area contributed by atoms with Gasteiger partial charge in [-0.05, 0) is 24.1 Å². The zero-order chi connectivity index (χ0) is 13.2. The van der Waals surface area contributed by atoms with Crippen molar-refractivity contribution in [3.63, 3.8) is 0 Å². The molecule has 18 heavy (non-hydrogen) atoms. The van der Waals surface area contributed by atoms with Gasteiger partial charge in [-0.25, -0.2) is 4.39 Å². The lowest BCUT2D eigenvalue weighted by molar-refractivity contribution is -0.120. The van der Waals surface area contributed by atoms with Crippen LogP contribution in [-0.4, -0.2) is 39.3 Å². The third-order valence-electron chi connectivity index (χ3n) is 2.42. The van der Waals surface area contributed by atoms with Crippen LogP contribution in [0.1, 0.15) is 5.56 Å². The summed E-state index contributed by atoms with van der Waals surface area (Å²) in [6.45, 7) is 2.08. The molecule has 0 fully saturated rings. The number of benzene rings is 1. The number of amides is 1. The molecule has 100 valence electrons. The highest BCUT2D eigenvalue weighted by molar-refractivity contribution is 5.77. The van der Waals surface area contributed by atoms with Gasteiger partial charge in [0, 0.05) is 20.2 Å². The van der Waals surface area contributed by atoms with E-state index in [1.807, 2.05) is 0 Å². The summed E-state index contributed by atoms with van der Waals surface area (Å²) in [5.41, 5.74) is 1.00. The van der Waals surface area contributed by atoms with Crippen molar-refractivity contribution >= 4 is 5.91 Å². The molecular formula is C13H19FN2O2. The monoisotopic (exact) mass is 254 g/mol. The molecule has 0 heterocycles. The summed E-state index contributed by atoms with van der Waals surface area (Å²) >= 11 is 0. The van der Waals surface area contributed by atoms with Crippen LogP contribution in [0.2, 0.25) is 0 Å². The lowest BCUT2D eigenvalue weighted by Crippen LogP contribution is -2.36. The fourth-order valence-electron chi connectivity index (χ4n) is 1.44. The van der Waals surface area contributed by atoms with Gasteiger partial charge >= 0.3 is 0 Å². The fraction of sp³-hybridized carbons (Fsp3) is 0.462. The Hall–Kier alpha value is -1.46. The average molecular weight is 254 g/mol. The third-order valence-corrected chi connectivity index (χ3v) is 2.42. The first kappa shape index (κ1) is 14.6. The van der Waals surface area contributed by atoms with Crippen LogP contribution in [0.5, 0.6) is 0 Å². The highest BCUT2D eigenvalue weighted by Gasteiger charge is 2.00. The maximum absolute atomic E-state index is 12.7. The van der Waals surface area contributed by atoms with Gasteiger partial charge < -0.3 is 15.4 Å². The quantitative estimate of drug-likeness (QED) is 0.672. The van der Waals surface area contributed by atoms with Crippen molar-refractivity contribution in [3.05, 3.63) is 35.6 Å². The predicted molar refractivity (Wildman–Crippen MR) is 67.9 cm³/mol. The van der Waals surface area contributed by atoms with Crippen LogP contribution < -0.4 is 10.6 Å². The first-order valence-corrected chi connectivity index (χ1v) is 5.93. The fourth-order valence-corrected chi connectivity index (χ4v) is 1.44. The molecule has 0 unspecified atom stereocenters. The van der Waals surface area contributed by atoms with E-state index in [9.17, 15) is 9.18 Å². The summed E-state index contributed by atoms with van der Waals surface area (Å²) in [5.74, 6) is -0.293. The molecule has 4 nitrogen and oxygen atoms in total. The zero-order valence-electron chi connectivity index (χ0n) is 10.5. The van der Waals surface area contributed by atoms with E-state index in [2.05, 4.69) is 10.6 Å². The topological polar surface area (TPSA) is 50.4 Å². The van der Waals surface area contributed by atoms with Crippen molar-refractivity contribution in [1.29, 1.82) is 0 Å².